The summed E-state index contributed by atoms with van der Waals surface area (Å²) < 4.78 is 38.9. The van der Waals surface area contributed by atoms with E-state index in [1.807, 2.05) is 31.2 Å². The fraction of sp³-hybridized carbons (Fsp3) is 0.136. The van der Waals surface area contributed by atoms with Crippen LogP contribution >= 0.6 is 0 Å². The first-order valence-corrected chi connectivity index (χ1v) is 9.09. The highest BCUT2D eigenvalue weighted by Gasteiger charge is 2.34. The number of aromatic nitrogens is 1. The zero-order valence-electron chi connectivity index (χ0n) is 15.7. The molecule has 1 unspecified atom stereocenters. The quantitative estimate of drug-likeness (QED) is 0.667. The topological polar surface area (TPSA) is 71.1 Å². The smallest absolute Gasteiger partial charge is 0.341 e. The number of alkyl halides is 3. The number of benzene rings is 2. The van der Waals surface area contributed by atoms with Crippen molar-refractivity contribution in [2.75, 3.05) is 5.32 Å². The number of aryl methyl sites for hydroxylation is 1. The number of halogens is 3. The van der Waals surface area contributed by atoms with Crippen molar-refractivity contribution in [3.8, 4) is 0 Å². The van der Waals surface area contributed by atoms with Gasteiger partial charge >= 0.3 is 6.18 Å². The van der Waals surface area contributed by atoms with Gasteiger partial charge < -0.3 is 10.6 Å². The fourth-order valence-electron chi connectivity index (χ4n) is 3.53. The first kappa shape index (κ1) is 19.6. The van der Waals surface area contributed by atoms with E-state index in [0.717, 1.165) is 23.4 Å². The Morgan fingerprint density at radius 1 is 1.10 bits per heavy atom. The summed E-state index contributed by atoms with van der Waals surface area (Å²) in [6.07, 6.45) is -3.65. The molecule has 0 radical (unpaired) electrons. The number of anilines is 1. The molecule has 5 nitrogen and oxygen atoms in total. The van der Waals surface area contributed by atoms with Crippen molar-refractivity contribution in [2.45, 2.75) is 19.1 Å². The van der Waals surface area contributed by atoms with Crippen LogP contribution < -0.4 is 10.6 Å². The Hall–Kier alpha value is -3.68. The lowest BCUT2D eigenvalue weighted by atomic mass is 9.93. The number of hydrogen-bond acceptors (Lipinski definition) is 3. The highest BCUT2D eigenvalue weighted by molar-refractivity contribution is 6.07. The fourth-order valence-corrected chi connectivity index (χ4v) is 3.53. The van der Waals surface area contributed by atoms with Gasteiger partial charge in [0.2, 0.25) is 0 Å². The lowest BCUT2D eigenvalue weighted by Gasteiger charge is -2.18. The summed E-state index contributed by atoms with van der Waals surface area (Å²) in [5, 5.41) is 5.52. The lowest BCUT2D eigenvalue weighted by Crippen LogP contribution is -2.21. The second-order valence-electron chi connectivity index (χ2n) is 6.91. The van der Waals surface area contributed by atoms with Crippen molar-refractivity contribution in [3.05, 3.63) is 94.3 Å². The van der Waals surface area contributed by atoms with Crippen LogP contribution in [0.25, 0.3) is 0 Å². The molecule has 2 amide bonds. The Morgan fingerprint density at radius 3 is 2.60 bits per heavy atom. The maximum atomic E-state index is 13.0. The number of nitrogens with zero attached hydrogens (tertiary/aromatic N) is 1. The summed E-state index contributed by atoms with van der Waals surface area (Å²) in [6.45, 7) is 1.91. The van der Waals surface area contributed by atoms with Gasteiger partial charge in [-0.1, -0.05) is 30.3 Å². The van der Waals surface area contributed by atoms with E-state index in [4.69, 9.17) is 0 Å². The molecule has 4 rings (SSSR count). The molecule has 2 heterocycles. The summed E-state index contributed by atoms with van der Waals surface area (Å²) >= 11 is 0. The largest absolute Gasteiger partial charge is 0.416 e. The van der Waals surface area contributed by atoms with Crippen molar-refractivity contribution in [1.29, 1.82) is 0 Å². The van der Waals surface area contributed by atoms with E-state index >= 15 is 0 Å². The maximum Gasteiger partial charge on any atom is 0.416 e. The van der Waals surface area contributed by atoms with Crippen LogP contribution in [0.5, 0.6) is 0 Å². The third-order valence-electron chi connectivity index (χ3n) is 4.98. The van der Waals surface area contributed by atoms with E-state index in [9.17, 15) is 22.8 Å². The number of amides is 2. The van der Waals surface area contributed by atoms with E-state index < -0.39 is 23.7 Å². The minimum atomic E-state index is -4.59. The summed E-state index contributed by atoms with van der Waals surface area (Å²) in [5.41, 5.74) is 1.79. The normalized spacial score (nSPS) is 15.5. The molecular formula is C22H16F3N3O2. The molecule has 1 aromatic heterocycles. The zero-order chi connectivity index (χ0) is 21.5. The van der Waals surface area contributed by atoms with E-state index in [1.54, 1.807) is 18.2 Å². The van der Waals surface area contributed by atoms with E-state index in [-0.39, 0.29) is 11.6 Å². The van der Waals surface area contributed by atoms with Crippen LogP contribution in [0.3, 0.4) is 0 Å². The lowest BCUT2D eigenvalue weighted by molar-refractivity contribution is -0.137. The van der Waals surface area contributed by atoms with Crippen molar-refractivity contribution >= 4 is 17.5 Å². The standard InChI is InChI=1S/C22H16F3N3O2/c1-12-5-2-3-6-14(12)19-18-15(20(29)28-19)7-4-8-16(18)27-21(30)17-11-13(9-10-26-17)22(23,24)25/h2-11,19H,1H3,(H,27,30)(H,28,29). The van der Waals surface area contributed by atoms with E-state index in [2.05, 4.69) is 15.6 Å². The molecule has 0 bridgehead atoms. The number of hydrogen-bond donors (Lipinski definition) is 2. The van der Waals surface area contributed by atoms with Crippen molar-refractivity contribution in [2.24, 2.45) is 0 Å². The molecular weight excluding hydrogens is 395 g/mol. The average Bonchev–Trinajstić information content (AvgIpc) is 3.05. The van der Waals surface area contributed by atoms with Gasteiger partial charge in [0.15, 0.2) is 0 Å². The van der Waals surface area contributed by atoms with Crippen LogP contribution in [-0.4, -0.2) is 16.8 Å². The number of rotatable bonds is 3. The molecule has 8 heteroatoms. The highest BCUT2D eigenvalue weighted by atomic mass is 19.4. The summed E-state index contributed by atoms with van der Waals surface area (Å²) in [4.78, 5) is 28.9. The molecule has 1 aliphatic rings. The SMILES string of the molecule is Cc1ccccc1C1NC(=O)c2cccc(NC(=O)c3cc(C(F)(F)F)ccn3)c21. The second-order valence-corrected chi connectivity index (χ2v) is 6.91. The average molecular weight is 411 g/mol. The Balaban J connectivity index is 1.72. The number of fused-ring (bicyclic) bond motifs is 1. The Morgan fingerprint density at radius 2 is 1.87 bits per heavy atom. The molecule has 2 aromatic carbocycles. The molecule has 0 saturated carbocycles. The zero-order valence-corrected chi connectivity index (χ0v) is 15.7. The summed E-state index contributed by atoms with van der Waals surface area (Å²) in [7, 11) is 0. The monoisotopic (exact) mass is 411 g/mol. The molecule has 0 aliphatic carbocycles. The van der Waals surface area contributed by atoms with Gasteiger partial charge in [-0.3, -0.25) is 14.6 Å². The van der Waals surface area contributed by atoms with Gasteiger partial charge in [0, 0.05) is 23.0 Å². The van der Waals surface area contributed by atoms with Gasteiger partial charge in [-0.2, -0.15) is 13.2 Å². The third-order valence-corrected chi connectivity index (χ3v) is 4.98. The molecule has 0 spiro atoms. The number of pyridine rings is 1. The third kappa shape index (κ3) is 3.52. The van der Waals surface area contributed by atoms with Gasteiger partial charge in [0.1, 0.15) is 5.69 Å². The number of carbonyl (C=O) groups excluding carboxylic acids is 2. The minimum absolute atomic E-state index is 0.286. The van der Waals surface area contributed by atoms with Gasteiger partial charge in [-0.05, 0) is 42.3 Å². The predicted octanol–water partition coefficient (Wildman–Crippen LogP) is 4.49. The van der Waals surface area contributed by atoms with Crippen molar-refractivity contribution < 1.29 is 22.8 Å². The first-order valence-electron chi connectivity index (χ1n) is 9.09. The summed E-state index contributed by atoms with van der Waals surface area (Å²) in [5.74, 6) is -1.08. The van der Waals surface area contributed by atoms with Crippen molar-refractivity contribution in [3.63, 3.8) is 0 Å². The molecule has 3 aromatic rings. The van der Waals surface area contributed by atoms with Crippen molar-refractivity contribution in [1.82, 2.24) is 10.3 Å². The molecule has 0 fully saturated rings. The van der Waals surface area contributed by atoms with Crippen LogP contribution in [0, 0.1) is 6.92 Å². The van der Waals surface area contributed by atoms with Crippen LogP contribution in [0.4, 0.5) is 18.9 Å². The molecule has 0 saturated heterocycles. The Bertz CT molecular complexity index is 1160. The predicted molar refractivity (Wildman–Crippen MR) is 104 cm³/mol. The summed E-state index contributed by atoms with van der Waals surface area (Å²) in [6, 6.07) is 13.4. The number of nitrogens with one attached hydrogen (secondary N) is 2. The molecule has 30 heavy (non-hydrogen) atoms. The van der Waals surface area contributed by atoms with E-state index in [1.165, 1.54) is 0 Å². The number of carbonyl (C=O) groups is 2. The van der Waals surface area contributed by atoms with Crippen LogP contribution in [0.2, 0.25) is 0 Å². The Kier molecular flexibility index (Phi) is 4.77. The Labute approximate surface area is 170 Å². The molecule has 1 aliphatic heterocycles. The van der Waals surface area contributed by atoms with Crippen LogP contribution in [-0.2, 0) is 6.18 Å². The molecule has 2 N–H and O–H groups in total. The first-order chi connectivity index (χ1) is 14.3. The van der Waals surface area contributed by atoms with E-state index in [0.29, 0.717) is 22.9 Å². The molecule has 152 valence electrons. The minimum Gasteiger partial charge on any atom is -0.341 e. The van der Waals surface area contributed by atoms with Gasteiger partial charge in [-0.25, -0.2) is 0 Å². The van der Waals surface area contributed by atoms with Gasteiger partial charge in [0.25, 0.3) is 11.8 Å². The van der Waals surface area contributed by atoms with Gasteiger partial charge in [-0.15, -0.1) is 0 Å². The second kappa shape index (κ2) is 7.29. The van der Waals surface area contributed by atoms with Crippen LogP contribution in [0.1, 0.15) is 49.1 Å². The molecule has 1 atom stereocenters. The van der Waals surface area contributed by atoms with Crippen LogP contribution in [0.15, 0.2) is 60.8 Å². The maximum absolute atomic E-state index is 13.0. The highest BCUT2D eigenvalue weighted by Crippen LogP contribution is 2.37. The van der Waals surface area contributed by atoms with Gasteiger partial charge in [0.05, 0.1) is 11.6 Å².